The fourth-order valence-corrected chi connectivity index (χ4v) is 2.73. The first-order valence-corrected chi connectivity index (χ1v) is 6.69. The summed E-state index contributed by atoms with van der Waals surface area (Å²) in [6.45, 7) is 4.26. The molecule has 96 valence electrons. The smallest absolute Gasteiger partial charge is 0.239 e. The average Bonchev–Trinajstić information content (AvgIpc) is 3.00. The molecule has 3 rings (SSSR count). The van der Waals surface area contributed by atoms with Crippen LogP contribution >= 0.6 is 0 Å². The van der Waals surface area contributed by atoms with Gasteiger partial charge in [-0.15, -0.1) is 0 Å². The Morgan fingerprint density at radius 2 is 2.24 bits per heavy atom. The van der Waals surface area contributed by atoms with Gasteiger partial charge in [0, 0.05) is 25.2 Å². The van der Waals surface area contributed by atoms with Gasteiger partial charge in [-0.2, -0.15) is 0 Å². The van der Waals surface area contributed by atoms with Gasteiger partial charge < -0.3 is 15.4 Å². The minimum atomic E-state index is -0.0748. The molecule has 1 amide bonds. The van der Waals surface area contributed by atoms with E-state index in [0.29, 0.717) is 18.7 Å². The van der Waals surface area contributed by atoms with Crippen molar-refractivity contribution in [1.29, 1.82) is 0 Å². The number of hydrogen-bond acceptors (Lipinski definition) is 4. The third kappa shape index (κ3) is 2.61. The van der Waals surface area contributed by atoms with Crippen LogP contribution in [-0.2, 0) is 9.53 Å². The van der Waals surface area contributed by atoms with Crippen LogP contribution in [0.25, 0.3) is 0 Å². The lowest BCUT2D eigenvalue weighted by molar-refractivity contribution is -0.134. The molecule has 0 spiro atoms. The number of carbonyl (C=O) groups excluding carboxylic acids is 1. The quantitative estimate of drug-likeness (QED) is 0.686. The van der Waals surface area contributed by atoms with E-state index in [4.69, 9.17) is 4.74 Å². The first kappa shape index (κ1) is 11.4. The molecule has 5 nitrogen and oxygen atoms in total. The van der Waals surface area contributed by atoms with Crippen LogP contribution in [0.5, 0.6) is 0 Å². The number of rotatable bonds is 3. The molecule has 1 aliphatic carbocycles. The minimum absolute atomic E-state index is 0.0748. The van der Waals surface area contributed by atoms with Crippen molar-refractivity contribution in [2.24, 2.45) is 0 Å². The zero-order valence-electron chi connectivity index (χ0n) is 10.2. The van der Waals surface area contributed by atoms with E-state index >= 15 is 0 Å². The summed E-state index contributed by atoms with van der Waals surface area (Å²) in [5.74, 6) is 0.166. The summed E-state index contributed by atoms with van der Waals surface area (Å²) in [5, 5.41) is 6.46. The lowest BCUT2D eigenvalue weighted by atomic mass is 10.1. The predicted molar refractivity (Wildman–Crippen MR) is 63.8 cm³/mol. The molecule has 2 aliphatic heterocycles. The highest BCUT2D eigenvalue weighted by molar-refractivity contribution is 5.82. The maximum atomic E-state index is 12.2. The van der Waals surface area contributed by atoms with Crippen molar-refractivity contribution in [2.75, 3.05) is 32.8 Å². The van der Waals surface area contributed by atoms with E-state index in [2.05, 4.69) is 15.5 Å². The van der Waals surface area contributed by atoms with Crippen LogP contribution in [0.3, 0.4) is 0 Å². The molecule has 5 heteroatoms. The fourth-order valence-electron chi connectivity index (χ4n) is 2.73. The second kappa shape index (κ2) is 4.92. The largest absolute Gasteiger partial charge is 0.378 e. The zero-order valence-corrected chi connectivity index (χ0v) is 10.2. The molecule has 0 aromatic heterocycles. The van der Waals surface area contributed by atoms with Crippen molar-refractivity contribution in [1.82, 2.24) is 15.5 Å². The summed E-state index contributed by atoms with van der Waals surface area (Å²) in [6, 6.07) is 0.871. The van der Waals surface area contributed by atoms with E-state index in [0.717, 1.165) is 45.5 Å². The lowest BCUT2D eigenvalue weighted by Gasteiger charge is -2.38. The van der Waals surface area contributed by atoms with Crippen LogP contribution in [-0.4, -0.2) is 61.8 Å². The van der Waals surface area contributed by atoms with Crippen LogP contribution in [0.1, 0.15) is 19.3 Å². The summed E-state index contributed by atoms with van der Waals surface area (Å²) in [7, 11) is 0. The zero-order chi connectivity index (χ0) is 11.7. The van der Waals surface area contributed by atoms with Crippen molar-refractivity contribution >= 4 is 5.91 Å². The first-order valence-electron chi connectivity index (χ1n) is 6.69. The number of nitrogens with one attached hydrogen (secondary N) is 2. The number of amides is 1. The molecule has 3 aliphatic rings. The van der Waals surface area contributed by atoms with E-state index in [1.165, 1.54) is 0 Å². The van der Waals surface area contributed by atoms with E-state index in [1.54, 1.807) is 0 Å². The van der Waals surface area contributed by atoms with Crippen molar-refractivity contribution in [3.8, 4) is 0 Å². The molecule has 3 fully saturated rings. The third-order valence-corrected chi connectivity index (χ3v) is 3.90. The van der Waals surface area contributed by atoms with Crippen molar-refractivity contribution in [3.05, 3.63) is 0 Å². The molecule has 2 saturated heterocycles. The molecule has 2 unspecified atom stereocenters. The first-order chi connectivity index (χ1) is 8.34. The Labute approximate surface area is 102 Å². The van der Waals surface area contributed by atoms with Crippen LogP contribution in [0, 0.1) is 0 Å². The van der Waals surface area contributed by atoms with E-state index in [9.17, 15) is 4.79 Å². The monoisotopic (exact) mass is 239 g/mol. The summed E-state index contributed by atoms with van der Waals surface area (Å²) < 4.78 is 5.47. The molecule has 2 N–H and O–H groups in total. The maximum absolute atomic E-state index is 12.2. The van der Waals surface area contributed by atoms with Gasteiger partial charge in [0.2, 0.25) is 5.91 Å². The molecule has 2 atom stereocenters. The van der Waals surface area contributed by atoms with Gasteiger partial charge in [0.15, 0.2) is 0 Å². The molecule has 17 heavy (non-hydrogen) atoms. The SMILES string of the molecule is O=C(NC1CC1)C1COCCN1C1CCNC1. The lowest BCUT2D eigenvalue weighted by Crippen LogP contribution is -2.58. The standard InChI is InChI=1S/C12H21N3O2/c16-12(14-9-1-2-9)11-8-17-6-5-15(11)10-3-4-13-7-10/h9-11,13H,1-8H2,(H,14,16). The average molecular weight is 239 g/mol. The molecule has 0 aromatic carbocycles. The Hall–Kier alpha value is -0.650. The molecular weight excluding hydrogens is 218 g/mol. The molecule has 2 heterocycles. The highest BCUT2D eigenvalue weighted by Gasteiger charge is 2.37. The second-order valence-corrected chi connectivity index (χ2v) is 5.26. The number of morpholine rings is 1. The molecule has 0 bridgehead atoms. The van der Waals surface area contributed by atoms with E-state index in [-0.39, 0.29) is 11.9 Å². The van der Waals surface area contributed by atoms with Crippen LogP contribution in [0.2, 0.25) is 0 Å². The Kier molecular flexibility index (Phi) is 3.31. The number of nitrogens with zero attached hydrogens (tertiary/aromatic N) is 1. The van der Waals surface area contributed by atoms with Gasteiger partial charge in [-0.3, -0.25) is 9.69 Å². The highest BCUT2D eigenvalue weighted by Crippen LogP contribution is 2.21. The molecule has 0 aromatic rings. The summed E-state index contributed by atoms with van der Waals surface area (Å²) in [6.07, 6.45) is 3.43. The topological polar surface area (TPSA) is 53.6 Å². The van der Waals surface area contributed by atoms with Crippen LogP contribution < -0.4 is 10.6 Å². The van der Waals surface area contributed by atoms with Crippen LogP contribution in [0.15, 0.2) is 0 Å². The van der Waals surface area contributed by atoms with Gasteiger partial charge in [0.25, 0.3) is 0 Å². The van der Waals surface area contributed by atoms with Gasteiger partial charge in [0.05, 0.1) is 13.2 Å². The molecule has 0 radical (unpaired) electrons. The summed E-state index contributed by atoms with van der Waals surface area (Å²) in [5.41, 5.74) is 0. The van der Waals surface area contributed by atoms with E-state index in [1.807, 2.05) is 0 Å². The van der Waals surface area contributed by atoms with Gasteiger partial charge >= 0.3 is 0 Å². The highest BCUT2D eigenvalue weighted by atomic mass is 16.5. The summed E-state index contributed by atoms with van der Waals surface area (Å²) >= 11 is 0. The fraction of sp³-hybridized carbons (Fsp3) is 0.917. The van der Waals surface area contributed by atoms with Crippen LogP contribution in [0.4, 0.5) is 0 Å². The number of hydrogen-bond donors (Lipinski definition) is 2. The second-order valence-electron chi connectivity index (χ2n) is 5.26. The van der Waals surface area contributed by atoms with Gasteiger partial charge in [-0.1, -0.05) is 0 Å². The van der Waals surface area contributed by atoms with Gasteiger partial charge in [-0.05, 0) is 25.8 Å². The Morgan fingerprint density at radius 3 is 2.94 bits per heavy atom. The van der Waals surface area contributed by atoms with Crippen molar-refractivity contribution in [2.45, 2.75) is 37.4 Å². The normalized spacial score (nSPS) is 34.8. The number of ether oxygens (including phenoxy) is 1. The van der Waals surface area contributed by atoms with Crippen molar-refractivity contribution < 1.29 is 9.53 Å². The third-order valence-electron chi connectivity index (χ3n) is 3.90. The Morgan fingerprint density at radius 1 is 1.35 bits per heavy atom. The summed E-state index contributed by atoms with van der Waals surface area (Å²) in [4.78, 5) is 14.5. The Balaban J connectivity index is 1.63. The van der Waals surface area contributed by atoms with Crippen molar-refractivity contribution in [3.63, 3.8) is 0 Å². The molecule has 1 saturated carbocycles. The van der Waals surface area contributed by atoms with Gasteiger partial charge in [-0.25, -0.2) is 0 Å². The predicted octanol–water partition coefficient (Wildman–Crippen LogP) is -0.672. The van der Waals surface area contributed by atoms with E-state index < -0.39 is 0 Å². The Bertz CT molecular complexity index is 287. The maximum Gasteiger partial charge on any atom is 0.239 e. The molecular formula is C12H21N3O2. The number of carbonyl (C=O) groups is 1. The van der Waals surface area contributed by atoms with Gasteiger partial charge in [0.1, 0.15) is 6.04 Å². The minimum Gasteiger partial charge on any atom is -0.378 e.